The number of amides is 2. The van der Waals surface area contributed by atoms with E-state index in [9.17, 15) is 14.4 Å². The molecule has 0 saturated carbocycles. The number of benzene rings is 2. The SMILES string of the molecule is Cn1ccnc1SCC(=O)Nc1ccccc1C(=O)OCC(=O)NC1CCCc2ccccc21. The first-order valence-electron chi connectivity index (χ1n) is 11.0. The smallest absolute Gasteiger partial charge is 0.340 e. The van der Waals surface area contributed by atoms with Crippen molar-refractivity contribution < 1.29 is 19.1 Å². The predicted octanol–water partition coefficient (Wildman–Crippen LogP) is 3.50. The zero-order valence-corrected chi connectivity index (χ0v) is 19.6. The van der Waals surface area contributed by atoms with E-state index in [2.05, 4.69) is 21.7 Å². The summed E-state index contributed by atoms with van der Waals surface area (Å²) in [6.45, 7) is -0.394. The minimum Gasteiger partial charge on any atom is -0.452 e. The van der Waals surface area contributed by atoms with Crippen molar-refractivity contribution in [1.29, 1.82) is 0 Å². The van der Waals surface area contributed by atoms with E-state index in [-0.39, 0.29) is 29.2 Å². The molecule has 4 rings (SSSR count). The quantitative estimate of drug-likeness (QED) is 0.380. The van der Waals surface area contributed by atoms with Crippen LogP contribution in [0.15, 0.2) is 66.1 Å². The summed E-state index contributed by atoms with van der Waals surface area (Å²) in [5, 5.41) is 6.42. The fraction of sp³-hybridized carbons (Fsp3) is 0.280. The third kappa shape index (κ3) is 5.85. The Hall–Kier alpha value is -3.59. The van der Waals surface area contributed by atoms with Gasteiger partial charge in [-0.05, 0) is 42.5 Å². The molecule has 0 saturated heterocycles. The minimum absolute atomic E-state index is 0.0843. The van der Waals surface area contributed by atoms with Crippen molar-refractivity contribution in [2.24, 2.45) is 7.05 Å². The summed E-state index contributed by atoms with van der Waals surface area (Å²) in [5.41, 5.74) is 2.87. The maximum atomic E-state index is 12.7. The van der Waals surface area contributed by atoms with Crippen LogP contribution in [0.4, 0.5) is 5.69 Å². The maximum Gasteiger partial charge on any atom is 0.340 e. The lowest BCUT2D eigenvalue weighted by molar-refractivity contribution is -0.125. The third-order valence-electron chi connectivity index (χ3n) is 5.57. The number of nitrogens with zero attached hydrogens (tertiary/aromatic N) is 2. The lowest BCUT2D eigenvalue weighted by atomic mass is 9.88. The number of nitrogens with one attached hydrogen (secondary N) is 2. The van der Waals surface area contributed by atoms with Crippen LogP contribution in [0.25, 0.3) is 0 Å². The number of imidazole rings is 1. The van der Waals surface area contributed by atoms with Gasteiger partial charge in [0, 0.05) is 19.4 Å². The first-order valence-corrected chi connectivity index (χ1v) is 12.0. The number of para-hydroxylation sites is 1. The topological polar surface area (TPSA) is 102 Å². The second-order valence-corrected chi connectivity index (χ2v) is 8.93. The number of hydrogen-bond donors (Lipinski definition) is 2. The Labute approximate surface area is 202 Å². The second-order valence-electron chi connectivity index (χ2n) is 7.99. The van der Waals surface area contributed by atoms with Crippen molar-refractivity contribution >= 4 is 35.2 Å². The van der Waals surface area contributed by atoms with Gasteiger partial charge in [-0.3, -0.25) is 9.59 Å². The molecule has 34 heavy (non-hydrogen) atoms. The Balaban J connectivity index is 1.31. The molecule has 1 unspecified atom stereocenters. The van der Waals surface area contributed by atoms with E-state index >= 15 is 0 Å². The fourth-order valence-corrected chi connectivity index (χ4v) is 4.66. The van der Waals surface area contributed by atoms with Crippen molar-refractivity contribution in [2.75, 3.05) is 17.7 Å². The van der Waals surface area contributed by atoms with Gasteiger partial charge < -0.3 is 19.9 Å². The monoisotopic (exact) mass is 478 g/mol. The summed E-state index contributed by atoms with van der Waals surface area (Å²) in [6, 6.07) is 14.5. The second kappa shape index (κ2) is 11.0. The van der Waals surface area contributed by atoms with Crippen molar-refractivity contribution in [1.82, 2.24) is 14.9 Å². The van der Waals surface area contributed by atoms with Crippen LogP contribution in [0.2, 0.25) is 0 Å². The molecule has 9 heteroatoms. The van der Waals surface area contributed by atoms with Gasteiger partial charge in [0.1, 0.15) is 0 Å². The molecular weight excluding hydrogens is 452 g/mol. The van der Waals surface area contributed by atoms with Crippen molar-refractivity contribution in [3.8, 4) is 0 Å². The molecule has 0 bridgehead atoms. The number of ether oxygens (including phenoxy) is 1. The van der Waals surface area contributed by atoms with Crippen molar-refractivity contribution in [3.63, 3.8) is 0 Å². The zero-order valence-electron chi connectivity index (χ0n) is 18.8. The summed E-state index contributed by atoms with van der Waals surface area (Å²) in [6.07, 6.45) is 6.30. The number of aromatic nitrogens is 2. The van der Waals surface area contributed by atoms with Gasteiger partial charge in [-0.15, -0.1) is 0 Å². The average Bonchev–Trinajstić information content (AvgIpc) is 3.26. The third-order valence-corrected chi connectivity index (χ3v) is 6.63. The number of hydrogen-bond acceptors (Lipinski definition) is 6. The van der Waals surface area contributed by atoms with Crippen LogP contribution >= 0.6 is 11.8 Å². The highest BCUT2D eigenvalue weighted by Crippen LogP contribution is 2.29. The standard InChI is InChI=1S/C25H26N4O4S/c1-29-14-13-26-25(29)34-16-23(31)28-21-11-5-4-10-19(21)24(32)33-15-22(30)27-20-12-6-8-17-7-2-3-9-18(17)20/h2-5,7,9-11,13-14,20H,6,8,12,15-16H2,1H3,(H,27,30)(H,28,31). The summed E-state index contributed by atoms with van der Waals surface area (Å²) < 4.78 is 7.08. The average molecular weight is 479 g/mol. The van der Waals surface area contributed by atoms with Gasteiger partial charge in [-0.1, -0.05) is 48.2 Å². The normalized spacial score (nSPS) is 14.7. The van der Waals surface area contributed by atoms with E-state index in [0.29, 0.717) is 5.69 Å². The molecule has 2 N–H and O–H groups in total. The van der Waals surface area contributed by atoms with Gasteiger partial charge in [-0.25, -0.2) is 9.78 Å². The first kappa shape index (κ1) is 23.6. The summed E-state index contributed by atoms with van der Waals surface area (Å²) in [4.78, 5) is 41.7. The van der Waals surface area contributed by atoms with Gasteiger partial charge in [-0.2, -0.15) is 0 Å². The minimum atomic E-state index is -0.674. The van der Waals surface area contributed by atoms with Crippen LogP contribution in [-0.4, -0.2) is 39.7 Å². The Morgan fingerprint density at radius 3 is 2.74 bits per heavy atom. The maximum absolute atomic E-state index is 12.7. The Kier molecular flexibility index (Phi) is 7.64. The molecule has 1 aliphatic rings. The van der Waals surface area contributed by atoms with Crippen LogP contribution in [-0.2, 0) is 27.8 Å². The molecule has 8 nitrogen and oxygen atoms in total. The number of carbonyl (C=O) groups excluding carboxylic acids is 3. The van der Waals surface area contributed by atoms with Gasteiger partial charge in [0.25, 0.3) is 5.91 Å². The molecule has 2 aromatic carbocycles. The number of fused-ring (bicyclic) bond motifs is 1. The molecule has 3 aromatic rings. The zero-order chi connectivity index (χ0) is 23.9. The largest absolute Gasteiger partial charge is 0.452 e. The highest BCUT2D eigenvalue weighted by atomic mass is 32.2. The number of anilines is 1. The molecule has 176 valence electrons. The van der Waals surface area contributed by atoms with E-state index < -0.39 is 12.6 Å². The number of carbonyl (C=O) groups is 3. The van der Waals surface area contributed by atoms with Gasteiger partial charge in [0.05, 0.1) is 23.0 Å². The molecular formula is C25H26N4O4S. The number of esters is 1. The van der Waals surface area contributed by atoms with Crippen molar-refractivity contribution in [3.05, 3.63) is 77.6 Å². The van der Waals surface area contributed by atoms with Gasteiger partial charge >= 0.3 is 5.97 Å². The number of thioether (sulfide) groups is 1. The van der Waals surface area contributed by atoms with Crippen LogP contribution < -0.4 is 10.6 Å². The van der Waals surface area contributed by atoms with E-state index in [1.807, 2.05) is 29.8 Å². The van der Waals surface area contributed by atoms with E-state index in [1.54, 1.807) is 36.7 Å². The van der Waals surface area contributed by atoms with Crippen LogP contribution in [0.3, 0.4) is 0 Å². The lowest BCUT2D eigenvalue weighted by Crippen LogP contribution is -2.34. The summed E-state index contributed by atoms with van der Waals surface area (Å²) >= 11 is 1.29. The van der Waals surface area contributed by atoms with E-state index in [0.717, 1.165) is 30.0 Å². The molecule has 0 radical (unpaired) electrons. The van der Waals surface area contributed by atoms with Gasteiger partial charge in [0.15, 0.2) is 11.8 Å². The van der Waals surface area contributed by atoms with E-state index in [1.165, 1.54) is 17.3 Å². The Bertz CT molecular complexity index is 1190. The molecule has 0 fully saturated rings. The molecule has 2 amide bonds. The molecule has 1 atom stereocenters. The highest BCUT2D eigenvalue weighted by Gasteiger charge is 2.22. The Morgan fingerprint density at radius 2 is 1.91 bits per heavy atom. The molecule has 1 aromatic heterocycles. The predicted molar refractivity (Wildman–Crippen MR) is 130 cm³/mol. The molecule has 0 spiro atoms. The number of rotatable bonds is 8. The number of aryl methyl sites for hydroxylation is 2. The van der Waals surface area contributed by atoms with Crippen molar-refractivity contribution in [2.45, 2.75) is 30.5 Å². The van der Waals surface area contributed by atoms with Crippen LogP contribution in [0, 0.1) is 0 Å². The lowest BCUT2D eigenvalue weighted by Gasteiger charge is -2.26. The highest BCUT2D eigenvalue weighted by molar-refractivity contribution is 7.99. The first-order chi connectivity index (χ1) is 16.5. The van der Waals surface area contributed by atoms with Crippen LogP contribution in [0.5, 0.6) is 0 Å². The fourth-order valence-electron chi connectivity index (χ4n) is 3.93. The molecule has 0 aliphatic heterocycles. The molecule has 1 aliphatic carbocycles. The summed E-state index contributed by atoms with van der Waals surface area (Å²) in [5.74, 6) is -1.17. The Morgan fingerprint density at radius 1 is 1.12 bits per heavy atom. The molecule has 1 heterocycles. The summed E-state index contributed by atoms with van der Waals surface area (Å²) in [7, 11) is 1.85. The van der Waals surface area contributed by atoms with Gasteiger partial charge in [0.2, 0.25) is 5.91 Å². The van der Waals surface area contributed by atoms with E-state index in [4.69, 9.17) is 4.74 Å². The van der Waals surface area contributed by atoms with Crippen LogP contribution in [0.1, 0.15) is 40.4 Å².